The molecule has 1 N–H and O–H groups in total. The summed E-state index contributed by atoms with van der Waals surface area (Å²) in [5.41, 5.74) is -0.242. The molecule has 1 aliphatic heterocycles. The summed E-state index contributed by atoms with van der Waals surface area (Å²) >= 11 is 0. The first-order valence-electron chi connectivity index (χ1n) is 11.5. The predicted molar refractivity (Wildman–Crippen MR) is 126 cm³/mol. The van der Waals surface area contributed by atoms with Crippen molar-refractivity contribution in [1.29, 1.82) is 0 Å². The third-order valence-electron chi connectivity index (χ3n) is 6.70. The van der Waals surface area contributed by atoms with Crippen LogP contribution in [0.25, 0.3) is 10.8 Å². The van der Waals surface area contributed by atoms with Gasteiger partial charge in [0, 0.05) is 42.3 Å². The lowest BCUT2D eigenvalue weighted by atomic mass is 10.0. The predicted octanol–water partition coefficient (Wildman–Crippen LogP) is 6.37. The van der Waals surface area contributed by atoms with Crippen molar-refractivity contribution in [2.45, 2.75) is 45.3 Å². The molecule has 2 aromatic heterocycles. The summed E-state index contributed by atoms with van der Waals surface area (Å²) in [6.07, 6.45) is -6.36. The highest BCUT2D eigenvalue weighted by Gasteiger charge is 2.37. The number of hydrogen-bond donors (Lipinski definition) is 1. The molecular weight excluding hydrogens is 498 g/mol. The molecule has 0 saturated heterocycles. The maximum absolute atomic E-state index is 13.3. The molecule has 0 saturated carbocycles. The van der Waals surface area contributed by atoms with E-state index in [-0.39, 0.29) is 12.1 Å². The first-order valence-corrected chi connectivity index (χ1v) is 11.5. The van der Waals surface area contributed by atoms with Crippen LogP contribution in [0.1, 0.15) is 41.2 Å². The van der Waals surface area contributed by atoms with Crippen LogP contribution < -0.4 is 10.2 Å². The van der Waals surface area contributed by atoms with Crippen LogP contribution in [-0.4, -0.2) is 26.3 Å². The molecule has 12 heteroatoms. The summed E-state index contributed by atoms with van der Waals surface area (Å²) in [6.45, 7) is 4.14. The van der Waals surface area contributed by atoms with Gasteiger partial charge in [0.2, 0.25) is 0 Å². The third kappa shape index (κ3) is 4.67. The van der Waals surface area contributed by atoms with E-state index in [4.69, 9.17) is 0 Å². The maximum Gasteiger partial charge on any atom is 0.434 e. The van der Waals surface area contributed by atoms with Crippen molar-refractivity contribution in [1.82, 2.24) is 19.7 Å². The fourth-order valence-corrected chi connectivity index (χ4v) is 4.72. The number of alkyl halides is 6. The van der Waals surface area contributed by atoms with Gasteiger partial charge in [-0.2, -0.15) is 31.4 Å². The molecule has 37 heavy (non-hydrogen) atoms. The molecule has 5 rings (SSSR count). The average molecular weight is 520 g/mol. The Kier molecular flexibility index (Phi) is 5.99. The second-order valence-corrected chi connectivity index (χ2v) is 8.95. The molecule has 0 fully saturated rings. The highest BCUT2D eigenvalue weighted by molar-refractivity contribution is 5.93. The van der Waals surface area contributed by atoms with Gasteiger partial charge in [0.05, 0.1) is 17.8 Å². The summed E-state index contributed by atoms with van der Waals surface area (Å²) in [6, 6.07) is 9.15. The van der Waals surface area contributed by atoms with Crippen LogP contribution in [0.4, 0.5) is 37.8 Å². The van der Waals surface area contributed by atoms with Gasteiger partial charge >= 0.3 is 12.4 Å². The van der Waals surface area contributed by atoms with Crippen molar-refractivity contribution in [3.8, 4) is 0 Å². The normalized spacial score (nSPS) is 16.2. The second kappa shape index (κ2) is 8.93. The van der Waals surface area contributed by atoms with E-state index in [9.17, 15) is 26.3 Å². The quantitative estimate of drug-likeness (QED) is 0.317. The Bertz CT molecular complexity index is 1460. The lowest BCUT2D eigenvalue weighted by Gasteiger charge is -2.35. The van der Waals surface area contributed by atoms with Crippen LogP contribution in [0, 0.1) is 6.92 Å². The molecule has 2 aromatic carbocycles. The summed E-state index contributed by atoms with van der Waals surface area (Å²) in [5.74, 6) is 0.714. The van der Waals surface area contributed by atoms with E-state index in [0.717, 1.165) is 23.3 Å². The van der Waals surface area contributed by atoms with Crippen molar-refractivity contribution in [2.24, 2.45) is 0 Å². The minimum atomic E-state index is -4.52. The van der Waals surface area contributed by atoms with Gasteiger partial charge in [0.15, 0.2) is 11.5 Å². The number of nitrogens with zero attached hydrogens (tertiary/aromatic N) is 5. The lowest BCUT2D eigenvalue weighted by Crippen LogP contribution is -2.36. The SMILES string of the molecule is Cc1c(CNc2nncc3ccc(N4CCn5cc(C(F)(F)F)nc5C4C)cc23)cccc1C(F)(F)F. The molecule has 0 bridgehead atoms. The van der Waals surface area contributed by atoms with Gasteiger partial charge in [-0.05, 0) is 43.2 Å². The number of rotatable bonds is 4. The molecule has 1 aliphatic rings. The van der Waals surface area contributed by atoms with Gasteiger partial charge in [-0.3, -0.25) is 0 Å². The van der Waals surface area contributed by atoms with Crippen LogP contribution in [0.15, 0.2) is 48.8 Å². The summed E-state index contributed by atoms with van der Waals surface area (Å²) in [7, 11) is 0. The number of imidazole rings is 1. The Morgan fingerprint density at radius 1 is 1.03 bits per heavy atom. The highest BCUT2D eigenvalue weighted by atomic mass is 19.4. The molecule has 0 aliphatic carbocycles. The molecule has 1 unspecified atom stereocenters. The van der Waals surface area contributed by atoms with Crippen molar-refractivity contribution in [3.05, 3.63) is 77.0 Å². The van der Waals surface area contributed by atoms with E-state index in [1.165, 1.54) is 17.6 Å². The number of halogens is 6. The van der Waals surface area contributed by atoms with Crippen molar-refractivity contribution in [3.63, 3.8) is 0 Å². The van der Waals surface area contributed by atoms with Gasteiger partial charge in [0.25, 0.3) is 0 Å². The molecule has 194 valence electrons. The Morgan fingerprint density at radius 3 is 2.54 bits per heavy atom. The molecular formula is C25H22F6N6. The van der Waals surface area contributed by atoms with E-state index in [2.05, 4.69) is 20.5 Å². The van der Waals surface area contributed by atoms with Gasteiger partial charge in [0.1, 0.15) is 5.82 Å². The van der Waals surface area contributed by atoms with E-state index in [1.54, 1.807) is 19.2 Å². The largest absolute Gasteiger partial charge is 0.434 e. The standard InChI is InChI=1S/C25H22F6N6/c1-14-16(4-3-5-20(14)24(26,27)28)11-32-22-19-10-18(7-6-17(19)12-33-35-22)37-9-8-36-13-21(25(29,30)31)34-23(36)15(37)2/h3-7,10,12-13,15H,8-9,11H2,1-2H3,(H,32,35). The molecule has 0 amide bonds. The molecule has 1 atom stereocenters. The Balaban J connectivity index is 1.43. The zero-order valence-electron chi connectivity index (χ0n) is 19.8. The molecule has 4 aromatic rings. The van der Waals surface area contributed by atoms with E-state index >= 15 is 0 Å². The van der Waals surface area contributed by atoms with Crippen molar-refractivity contribution >= 4 is 22.3 Å². The molecule has 0 spiro atoms. The van der Waals surface area contributed by atoms with E-state index in [1.807, 2.05) is 23.1 Å². The monoisotopic (exact) mass is 520 g/mol. The fraction of sp³-hybridized carbons (Fsp3) is 0.320. The number of fused-ring (bicyclic) bond motifs is 2. The van der Waals surface area contributed by atoms with Gasteiger partial charge < -0.3 is 14.8 Å². The number of nitrogens with one attached hydrogen (secondary N) is 1. The first kappa shape index (κ1) is 24.8. The lowest BCUT2D eigenvalue weighted by molar-refractivity contribution is -0.141. The number of hydrogen-bond acceptors (Lipinski definition) is 5. The van der Waals surface area contributed by atoms with Crippen LogP contribution in [0.2, 0.25) is 0 Å². The topological polar surface area (TPSA) is 58.9 Å². The Morgan fingerprint density at radius 2 is 1.81 bits per heavy atom. The van der Waals surface area contributed by atoms with Crippen LogP contribution in [0.3, 0.4) is 0 Å². The smallest absolute Gasteiger partial charge is 0.364 e. The van der Waals surface area contributed by atoms with Crippen LogP contribution >= 0.6 is 0 Å². The Hall–Kier alpha value is -3.83. The van der Waals surface area contributed by atoms with E-state index in [0.29, 0.717) is 35.7 Å². The minimum Gasteiger partial charge on any atom is -0.364 e. The zero-order chi connectivity index (χ0) is 26.5. The van der Waals surface area contributed by atoms with Crippen LogP contribution in [0.5, 0.6) is 0 Å². The first-order chi connectivity index (χ1) is 17.4. The summed E-state index contributed by atoms with van der Waals surface area (Å²) < 4.78 is 80.9. The van der Waals surface area contributed by atoms with Gasteiger partial charge in [-0.15, -0.1) is 5.10 Å². The van der Waals surface area contributed by atoms with E-state index < -0.39 is 29.7 Å². The molecule has 0 radical (unpaired) electrons. The number of aromatic nitrogens is 4. The average Bonchev–Trinajstić information content (AvgIpc) is 3.29. The van der Waals surface area contributed by atoms with Gasteiger partial charge in [-0.25, -0.2) is 4.98 Å². The highest BCUT2D eigenvalue weighted by Crippen LogP contribution is 2.37. The van der Waals surface area contributed by atoms with Gasteiger partial charge in [-0.1, -0.05) is 18.2 Å². The fourth-order valence-electron chi connectivity index (χ4n) is 4.72. The number of benzene rings is 2. The van der Waals surface area contributed by atoms with Crippen molar-refractivity contribution in [2.75, 3.05) is 16.8 Å². The summed E-state index contributed by atoms with van der Waals surface area (Å²) in [4.78, 5) is 5.80. The third-order valence-corrected chi connectivity index (χ3v) is 6.70. The molecule has 6 nitrogen and oxygen atoms in total. The second-order valence-electron chi connectivity index (χ2n) is 8.95. The molecule has 3 heterocycles. The zero-order valence-corrected chi connectivity index (χ0v) is 19.8. The number of anilines is 2. The van der Waals surface area contributed by atoms with Crippen molar-refractivity contribution < 1.29 is 26.3 Å². The maximum atomic E-state index is 13.3. The minimum absolute atomic E-state index is 0.103. The Labute approximate surface area is 207 Å². The summed E-state index contributed by atoms with van der Waals surface area (Å²) in [5, 5.41) is 12.7. The van der Waals surface area contributed by atoms with Crippen LogP contribution in [-0.2, 0) is 25.4 Å².